The van der Waals surface area contributed by atoms with Crippen molar-refractivity contribution in [2.24, 2.45) is 0 Å². The van der Waals surface area contributed by atoms with Crippen molar-refractivity contribution in [3.05, 3.63) is 128 Å². The highest BCUT2D eigenvalue weighted by molar-refractivity contribution is 7.85. The molecule has 0 N–H and O–H groups in total. The third kappa shape index (κ3) is 3.57. The van der Waals surface area contributed by atoms with Gasteiger partial charge in [0.2, 0.25) is 5.71 Å². The molecule has 7 aromatic rings. The summed E-state index contributed by atoms with van der Waals surface area (Å²) in [6.07, 6.45) is 3.32. The molecule has 2 aromatic heterocycles. The van der Waals surface area contributed by atoms with E-state index >= 15 is 0 Å². The molecule has 2 heterocycles. The van der Waals surface area contributed by atoms with Crippen molar-refractivity contribution in [1.82, 2.24) is 9.97 Å². The summed E-state index contributed by atoms with van der Waals surface area (Å²) < 4.78 is 20.6. The van der Waals surface area contributed by atoms with Gasteiger partial charge in [-0.3, -0.25) is 0 Å². The minimum absolute atomic E-state index is 0.543. The third-order valence-corrected chi connectivity index (χ3v) is 9.92. The summed E-state index contributed by atoms with van der Waals surface area (Å²) in [6.45, 7) is 0. The SMILES string of the molecule is O=P(c1ccccc1)(c1ccccc1)c1ccc2cc(-c3ccc4oc5nccnc5c4c3)ccc2c1. The molecule has 0 unspecified atom stereocenters. The zero-order chi connectivity index (χ0) is 24.8. The van der Waals surface area contributed by atoms with Crippen LogP contribution in [-0.2, 0) is 4.57 Å². The fraction of sp³-hybridized carbons (Fsp3) is 0. The molecule has 176 valence electrons. The van der Waals surface area contributed by atoms with E-state index in [0.717, 1.165) is 54.3 Å². The fourth-order valence-corrected chi connectivity index (χ4v) is 7.69. The van der Waals surface area contributed by atoms with Gasteiger partial charge in [0, 0.05) is 33.7 Å². The first-order valence-corrected chi connectivity index (χ1v) is 13.8. The van der Waals surface area contributed by atoms with E-state index in [0.29, 0.717) is 5.71 Å². The van der Waals surface area contributed by atoms with Gasteiger partial charge in [-0.25, -0.2) is 9.97 Å². The predicted octanol–water partition coefficient (Wildman–Crippen LogP) is 6.84. The first-order chi connectivity index (χ1) is 18.2. The zero-order valence-electron chi connectivity index (χ0n) is 19.8. The quantitative estimate of drug-likeness (QED) is 0.251. The molecule has 0 atom stereocenters. The van der Waals surface area contributed by atoms with Crippen LogP contribution in [0.2, 0.25) is 0 Å². The smallest absolute Gasteiger partial charge is 0.246 e. The number of nitrogens with zero attached hydrogens (tertiary/aromatic N) is 2. The van der Waals surface area contributed by atoms with Gasteiger partial charge in [0.1, 0.15) is 11.1 Å². The second-order valence-electron chi connectivity index (χ2n) is 9.05. The monoisotopic (exact) mass is 496 g/mol. The number of rotatable bonds is 4. The first-order valence-electron chi connectivity index (χ1n) is 12.1. The van der Waals surface area contributed by atoms with Crippen LogP contribution >= 0.6 is 7.14 Å². The highest BCUT2D eigenvalue weighted by Crippen LogP contribution is 2.43. The number of hydrogen-bond donors (Lipinski definition) is 0. The van der Waals surface area contributed by atoms with E-state index in [2.05, 4.69) is 52.4 Å². The topological polar surface area (TPSA) is 56.0 Å². The minimum Gasteiger partial charge on any atom is -0.436 e. The lowest BCUT2D eigenvalue weighted by Crippen LogP contribution is -2.24. The normalized spacial score (nSPS) is 11.9. The molecule has 5 aromatic carbocycles. The Morgan fingerprint density at radius 2 is 1.19 bits per heavy atom. The van der Waals surface area contributed by atoms with Crippen LogP contribution in [0.3, 0.4) is 0 Å². The molecule has 4 nitrogen and oxygen atoms in total. The number of benzene rings is 5. The molecule has 0 saturated carbocycles. The van der Waals surface area contributed by atoms with E-state index in [1.54, 1.807) is 12.4 Å². The van der Waals surface area contributed by atoms with E-state index in [1.807, 2.05) is 72.8 Å². The molecule has 0 fully saturated rings. The van der Waals surface area contributed by atoms with Crippen molar-refractivity contribution >= 4 is 56.0 Å². The summed E-state index contributed by atoms with van der Waals surface area (Å²) in [4.78, 5) is 8.74. The van der Waals surface area contributed by atoms with Gasteiger partial charge >= 0.3 is 0 Å². The first kappa shape index (κ1) is 21.7. The van der Waals surface area contributed by atoms with Crippen molar-refractivity contribution in [3.63, 3.8) is 0 Å². The second-order valence-corrected chi connectivity index (χ2v) is 11.8. The van der Waals surface area contributed by atoms with Crippen LogP contribution in [0.25, 0.3) is 44.1 Å². The average molecular weight is 497 g/mol. The summed E-state index contributed by atoms with van der Waals surface area (Å²) >= 11 is 0. The van der Waals surface area contributed by atoms with Crippen molar-refractivity contribution in [3.8, 4) is 11.1 Å². The standard InChI is InChI=1S/C32H21N2O2P/c35-37(26-7-3-1-4-8-26,27-9-5-2-6-10-27)28-15-13-23-19-22(11-12-24(23)20-28)25-14-16-30-29(21-25)31-32(36-30)34-18-17-33-31/h1-21H. The van der Waals surface area contributed by atoms with Gasteiger partial charge < -0.3 is 8.98 Å². The Morgan fingerprint density at radius 1 is 0.568 bits per heavy atom. The van der Waals surface area contributed by atoms with Crippen LogP contribution in [0.1, 0.15) is 0 Å². The van der Waals surface area contributed by atoms with Crippen molar-refractivity contribution < 1.29 is 8.98 Å². The van der Waals surface area contributed by atoms with Crippen LogP contribution in [-0.4, -0.2) is 9.97 Å². The fourth-order valence-electron chi connectivity index (χ4n) is 5.00. The molecule has 0 bridgehead atoms. The van der Waals surface area contributed by atoms with Crippen LogP contribution in [0, 0.1) is 0 Å². The minimum atomic E-state index is -3.02. The van der Waals surface area contributed by atoms with Gasteiger partial charge in [-0.2, -0.15) is 0 Å². The summed E-state index contributed by atoms with van der Waals surface area (Å²) in [5.41, 5.74) is 4.25. The lowest BCUT2D eigenvalue weighted by Gasteiger charge is -2.20. The van der Waals surface area contributed by atoms with E-state index in [9.17, 15) is 4.57 Å². The molecule has 0 spiro atoms. The highest BCUT2D eigenvalue weighted by atomic mass is 31.2. The molecule has 0 aliphatic rings. The van der Waals surface area contributed by atoms with Crippen molar-refractivity contribution in [2.45, 2.75) is 0 Å². The maximum absolute atomic E-state index is 14.7. The summed E-state index contributed by atoms with van der Waals surface area (Å²) in [7, 11) is -3.02. The Hall–Kier alpha value is -4.53. The second kappa shape index (κ2) is 8.55. The molecule has 0 aliphatic carbocycles. The molecular formula is C32H21N2O2P. The molecule has 0 saturated heterocycles. The maximum atomic E-state index is 14.7. The Labute approximate surface area is 213 Å². The van der Waals surface area contributed by atoms with Gasteiger partial charge in [0.25, 0.3) is 0 Å². The zero-order valence-corrected chi connectivity index (χ0v) is 20.7. The maximum Gasteiger partial charge on any atom is 0.246 e. The molecule has 0 amide bonds. The summed E-state index contributed by atoms with van der Waals surface area (Å²) in [6, 6.07) is 38.2. The van der Waals surface area contributed by atoms with Gasteiger partial charge in [0.15, 0.2) is 7.14 Å². The molecule has 37 heavy (non-hydrogen) atoms. The number of furan rings is 1. The average Bonchev–Trinajstić information content (AvgIpc) is 3.35. The summed E-state index contributed by atoms with van der Waals surface area (Å²) in [5, 5.41) is 5.58. The molecule has 7 rings (SSSR count). The largest absolute Gasteiger partial charge is 0.436 e. The summed E-state index contributed by atoms with van der Waals surface area (Å²) in [5.74, 6) is 0. The number of fused-ring (bicyclic) bond motifs is 4. The van der Waals surface area contributed by atoms with Gasteiger partial charge in [-0.05, 0) is 46.2 Å². The molecule has 0 aliphatic heterocycles. The molecular weight excluding hydrogens is 475 g/mol. The van der Waals surface area contributed by atoms with E-state index in [4.69, 9.17) is 4.42 Å². The van der Waals surface area contributed by atoms with Gasteiger partial charge in [-0.15, -0.1) is 0 Å². The van der Waals surface area contributed by atoms with E-state index in [-0.39, 0.29) is 0 Å². The Kier molecular flexibility index (Phi) is 5.02. The van der Waals surface area contributed by atoms with Crippen molar-refractivity contribution in [2.75, 3.05) is 0 Å². The van der Waals surface area contributed by atoms with Gasteiger partial charge in [-0.1, -0.05) is 91.0 Å². The number of hydrogen-bond acceptors (Lipinski definition) is 4. The van der Waals surface area contributed by atoms with E-state index < -0.39 is 7.14 Å². The Balaban J connectivity index is 1.34. The van der Waals surface area contributed by atoms with Gasteiger partial charge in [0.05, 0.1) is 0 Å². The predicted molar refractivity (Wildman–Crippen MR) is 152 cm³/mol. The van der Waals surface area contributed by atoms with Crippen LogP contribution in [0.5, 0.6) is 0 Å². The number of aromatic nitrogens is 2. The third-order valence-electron chi connectivity index (χ3n) is 6.87. The van der Waals surface area contributed by atoms with E-state index in [1.165, 1.54) is 0 Å². The van der Waals surface area contributed by atoms with Crippen molar-refractivity contribution in [1.29, 1.82) is 0 Å². The Morgan fingerprint density at radius 3 is 1.95 bits per heavy atom. The Bertz CT molecular complexity index is 1920. The lowest BCUT2D eigenvalue weighted by atomic mass is 10.0. The van der Waals surface area contributed by atoms with Crippen LogP contribution in [0.4, 0.5) is 0 Å². The molecule has 0 radical (unpaired) electrons. The molecule has 5 heteroatoms. The van der Waals surface area contributed by atoms with Crippen LogP contribution in [0.15, 0.2) is 132 Å². The highest BCUT2D eigenvalue weighted by Gasteiger charge is 2.29. The van der Waals surface area contributed by atoms with Crippen LogP contribution < -0.4 is 15.9 Å². The lowest BCUT2D eigenvalue weighted by molar-refractivity contribution is 0.592.